The average molecular weight is 520 g/mol. The van der Waals surface area contributed by atoms with Crippen molar-refractivity contribution >= 4 is 40.8 Å². The second-order valence-corrected chi connectivity index (χ2v) is 11.5. The molecule has 0 radical (unpaired) electrons. The topological polar surface area (TPSA) is 64.7 Å². The summed E-state index contributed by atoms with van der Waals surface area (Å²) in [5, 5.41) is 7.04. The highest BCUT2D eigenvalue weighted by atomic mass is 35.5. The fraction of sp³-hybridized carbons (Fsp3) is 0.556. The molecule has 1 aromatic rings. The van der Waals surface area contributed by atoms with Gasteiger partial charge in [0.15, 0.2) is 0 Å². The molecule has 0 bridgehead atoms. The monoisotopic (exact) mass is 518 g/mol. The number of anilines is 1. The summed E-state index contributed by atoms with van der Waals surface area (Å²) in [5.41, 5.74) is 2.99. The minimum atomic E-state index is -0.152. The fourth-order valence-electron chi connectivity index (χ4n) is 4.97. The van der Waals surface area contributed by atoms with E-state index >= 15 is 0 Å². The predicted octanol–water partition coefficient (Wildman–Crippen LogP) is 6.00. The normalized spacial score (nSPS) is 21.5. The number of urea groups is 1. The number of allylic oxidation sites excluding steroid dienone is 3. The standard InChI is InChI=1S/C27H36Cl2N4O2/c1-27(2)12-16-32(17-13-27)18-24(34)30-21-8-6-19(7-9-21)20-10-14-33(15-11-20)26(35)31-25-22(28)4-3-5-23(25)29/h4,6-9,20H,3,5,10-18H2,1-2H3,(H,30,34)(H,31,35). The van der Waals surface area contributed by atoms with Crippen LogP contribution < -0.4 is 10.6 Å². The molecule has 8 heteroatoms. The fourth-order valence-corrected chi connectivity index (χ4v) is 5.55. The third-order valence-corrected chi connectivity index (χ3v) is 8.18. The number of hydrogen-bond acceptors (Lipinski definition) is 3. The van der Waals surface area contributed by atoms with Crippen LogP contribution in [-0.4, -0.2) is 54.5 Å². The lowest BCUT2D eigenvalue weighted by molar-refractivity contribution is -0.117. The van der Waals surface area contributed by atoms with E-state index in [2.05, 4.69) is 41.5 Å². The van der Waals surface area contributed by atoms with Gasteiger partial charge in [-0.25, -0.2) is 4.79 Å². The number of carbonyl (C=O) groups excluding carboxylic acids is 2. The Morgan fingerprint density at radius 3 is 2.29 bits per heavy atom. The second-order valence-electron chi connectivity index (χ2n) is 10.7. The molecular formula is C27H36Cl2N4O2. The zero-order chi connectivity index (χ0) is 25.0. The number of nitrogens with one attached hydrogen (secondary N) is 2. The summed E-state index contributed by atoms with van der Waals surface area (Å²) < 4.78 is 0. The van der Waals surface area contributed by atoms with Crippen molar-refractivity contribution in [2.45, 2.75) is 58.3 Å². The summed E-state index contributed by atoms with van der Waals surface area (Å²) >= 11 is 12.5. The quantitative estimate of drug-likeness (QED) is 0.502. The first-order valence-electron chi connectivity index (χ1n) is 12.6. The molecule has 4 rings (SSSR count). The van der Waals surface area contributed by atoms with Crippen LogP contribution in [0.15, 0.2) is 46.1 Å². The number of nitrogens with zero attached hydrogens (tertiary/aromatic N) is 2. The van der Waals surface area contributed by atoms with Crippen LogP contribution in [0.5, 0.6) is 0 Å². The number of amides is 3. The van der Waals surface area contributed by atoms with Crippen LogP contribution in [0.2, 0.25) is 0 Å². The van der Waals surface area contributed by atoms with E-state index in [1.807, 2.05) is 23.1 Å². The van der Waals surface area contributed by atoms with E-state index in [4.69, 9.17) is 23.2 Å². The van der Waals surface area contributed by atoms with E-state index in [9.17, 15) is 9.59 Å². The molecule has 0 saturated carbocycles. The molecule has 3 aliphatic rings. The van der Waals surface area contributed by atoms with Crippen LogP contribution in [0.4, 0.5) is 10.5 Å². The van der Waals surface area contributed by atoms with Crippen LogP contribution in [0, 0.1) is 5.41 Å². The molecule has 1 aliphatic carbocycles. The van der Waals surface area contributed by atoms with E-state index in [0.717, 1.165) is 50.9 Å². The number of likely N-dealkylation sites (tertiary alicyclic amines) is 2. The van der Waals surface area contributed by atoms with Gasteiger partial charge in [-0.2, -0.15) is 0 Å². The van der Waals surface area contributed by atoms with Gasteiger partial charge < -0.3 is 15.5 Å². The van der Waals surface area contributed by atoms with Gasteiger partial charge in [-0.15, -0.1) is 0 Å². The van der Waals surface area contributed by atoms with Crippen LogP contribution in [0.25, 0.3) is 0 Å². The Morgan fingerprint density at radius 2 is 1.66 bits per heavy atom. The summed E-state index contributed by atoms with van der Waals surface area (Å²) in [6.07, 6.45) is 7.42. The molecule has 0 unspecified atom stereocenters. The van der Waals surface area contributed by atoms with E-state index < -0.39 is 0 Å². The molecule has 2 aliphatic heterocycles. The Labute approximate surface area is 218 Å². The van der Waals surface area contributed by atoms with Crippen molar-refractivity contribution in [1.29, 1.82) is 0 Å². The summed E-state index contributed by atoms with van der Waals surface area (Å²) in [5.74, 6) is 0.432. The summed E-state index contributed by atoms with van der Waals surface area (Å²) in [7, 11) is 0. The lowest BCUT2D eigenvalue weighted by Crippen LogP contribution is -2.44. The number of carbonyl (C=O) groups is 2. The molecule has 0 atom stereocenters. The lowest BCUT2D eigenvalue weighted by atomic mass is 9.83. The number of rotatable bonds is 5. The van der Waals surface area contributed by atoms with Crippen LogP contribution in [0.3, 0.4) is 0 Å². The molecule has 3 amide bonds. The number of halogens is 2. The Morgan fingerprint density at radius 1 is 1.00 bits per heavy atom. The molecular weight excluding hydrogens is 483 g/mol. The summed E-state index contributed by atoms with van der Waals surface area (Å²) in [4.78, 5) is 29.3. The maximum absolute atomic E-state index is 12.7. The Kier molecular flexibility index (Phi) is 8.46. The molecule has 2 fully saturated rings. The minimum absolute atomic E-state index is 0.0416. The molecule has 6 nitrogen and oxygen atoms in total. The van der Waals surface area contributed by atoms with Gasteiger partial charge in [0.2, 0.25) is 5.91 Å². The first kappa shape index (κ1) is 26.1. The minimum Gasteiger partial charge on any atom is -0.325 e. The van der Waals surface area contributed by atoms with Crippen LogP contribution >= 0.6 is 23.2 Å². The summed E-state index contributed by atoms with van der Waals surface area (Å²) in [6.45, 7) is 8.34. The predicted molar refractivity (Wildman–Crippen MR) is 143 cm³/mol. The van der Waals surface area contributed by atoms with Crippen LogP contribution in [-0.2, 0) is 4.79 Å². The zero-order valence-electron chi connectivity index (χ0n) is 20.7. The van der Waals surface area contributed by atoms with Crippen molar-refractivity contribution in [1.82, 2.24) is 15.1 Å². The van der Waals surface area contributed by atoms with Crippen molar-refractivity contribution < 1.29 is 9.59 Å². The van der Waals surface area contributed by atoms with Crippen molar-refractivity contribution in [3.05, 3.63) is 51.7 Å². The van der Waals surface area contributed by atoms with Crippen LogP contribution in [0.1, 0.15) is 63.9 Å². The van der Waals surface area contributed by atoms with Crippen molar-refractivity contribution in [2.24, 2.45) is 5.41 Å². The SMILES string of the molecule is CC1(C)CCN(CC(=O)Nc2ccc(C3CCN(C(=O)NC4=C(Cl)CCC=C4Cl)CC3)cc2)CC1. The molecule has 0 spiro atoms. The number of piperidine rings is 2. The van der Waals surface area contributed by atoms with Gasteiger partial charge in [-0.05, 0) is 80.6 Å². The molecule has 1 aromatic carbocycles. The van der Waals surface area contributed by atoms with Crippen molar-refractivity contribution in [2.75, 3.05) is 38.0 Å². The highest BCUT2D eigenvalue weighted by Crippen LogP contribution is 2.32. The third-order valence-electron chi connectivity index (χ3n) is 7.45. The number of hydrogen-bond donors (Lipinski definition) is 2. The van der Waals surface area contributed by atoms with Crippen molar-refractivity contribution in [3.63, 3.8) is 0 Å². The first-order valence-corrected chi connectivity index (χ1v) is 13.4. The maximum Gasteiger partial charge on any atom is 0.321 e. The molecule has 190 valence electrons. The third kappa shape index (κ3) is 7.02. The molecule has 35 heavy (non-hydrogen) atoms. The van der Waals surface area contributed by atoms with Crippen molar-refractivity contribution in [3.8, 4) is 0 Å². The first-order chi connectivity index (χ1) is 16.7. The largest absolute Gasteiger partial charge is 0.325 e. The lowest BCUT2D eigenvalue weighted by Gasteiger charge is -2.36. The molecule has 2 saturated heterocycles. The van der Waals surface area contributed by atoms with E-state index in [0.29, 0.717) is 53.1 Å². The van der Waals surface area contributed by atoms with E-state index in [-0.39, 0.29) is 11.9 Å². The van der Waals surface area contributed by atoms with Gasteiger partial charge in [0, 0.05) is 23.8 Å². The Bertz CT molecular complexity index is 985. The van der Waals surface area contributed by atoms with Gasteiger partial charge in [0.25, 0.3) is 0 Å². The van der Waals surface area contributed by atoms with Gasteiger partial charge >= 0.3 is 6.03 Å². The van der Waals surface area contributed by atoms with Gasteiger partial charge in [0.1, 0.15) is 0 Å². The average Bonchev–Trinajstić information content (AvgIpc) is 2.83. The van der Waals surface area contributed by atoms with E-state index in [1.165, 1.54) is 5.56 Å². The molecule has 0 aromatic heterocycles. The zero-order valence-corrected chi connectivity index (χ0v) is 22.2. The smallest absolute Gasteiger partial charge is 0.321 e. The van der Waals surface area contributed by atoms with Gasteiger partial charge in [0.05, 0.1) is 17.3 Å². The van der Waals surface area contributed by atoms with Gasteiger partial charge in [-0.3, -0.25) is 9.69 Å². The van der Waals surface area contributed by atoms with Gasteiger partial charge in [-0.1, -0.05) is 55.3 Å². The molecule has 2 N–H and O–H groups in total. The van der Waals surface area contributed by atoms with E-state index in [1.54, 1.807) is 0 Å². The molecule has 2 heterocycles. The summed E-state index contributed by atoms with van der Waals surface area (Å²) in [6, 6.07) is 8.00. The highest BCUT2D eigenvalue weighted by Gasteiger charge is 2.27. The number of benzene rings is 1. The second kappa shape index (κ2) is 11.4. The Balaban J connectivity index is 1.23. The highest BCUT2D eigenvalue weighted by molar-refractivity contribution is 6.36. The Hall–Kier alpha value is -2.02. The maximum atomic E-state index is 12.7.